The maximum atomic E-state index is 10.8. The van der Waals surface area contributed by atoms with E-state index in [2.05, 4.69) is 12.2 Å². The molecule has 1 aromatic carbocycles. The van der Waals surface area contributed by atoms with Crippen LogP contribution in [0.5, 0.6) is 0 Å². The van der Waals surface area contributed by atoms with E-state index in [0.29, 0.717) is 19.0 Å². The zero-order chi connectivity index (χ0) is 13.0. The molecule has 0 aromatic heterocycles. The van der Waals surface area contributed by atoms with Crippen LogP contribution in [0.3, 0.4) is 0 Å². The first-order chi connectivity index (χ1) is 8.65. The van der Waals surface area contributed by atoms with E-state index in [1.165, 1.54) is 4.90 Å². The van der Waals surface area contributed by atoms with E-state index < -0.39 is 6.09 Å². The van der Waals surface area contributed by atoms with E-state index in [4.69, 9.17) is 16.7 Å². The summed E-state index contributed by atoms with van der Waals surface area (Å²) in [6.45, 7) is 1.26. The van der Waals surface area contributed by atoms with E-state index in [9.17, 15) is 4.79 Å². The van der Waals surface area contributed by atoms with Gasteiger partial charge in [0.2, 0.25) is 0 Å². The van der Waals surface area contributed by atoms with Crippen LogP contribution in [0.25, 0.3) is 6.08 Å². The molecule has 18 heavy (non-hydrogen) atoms. The van der Waals surface area contributed by atoms with Crippen LogP contribution in [-0.2, 0) is 0 Å². The summed E-state index contributed by atoms with van der Waals surface area (Å²) < 4.78 is 0. The van der Waals surface area contributed by atoms with Crippen LogP contribution in [0.4, 0.5) is 4.79 Å². The molecule has 1 fully saturated rings. The molecule has 1 heterocycles. The van der Waals surface area contributed by atoms with Crippen LogP contribution < -0.4 is 0 Å². The molecule has 0 atom stereocenters. The average molecular weight is 266 g/mol. The van der Waals surface area contributed by atoms with Crippen molar-refractivity contribution in [3.63, 3.8) is 0 Å². The van der Waals surface area contributed by atoms with Crippen molar-refractivity contribution >= 4 is 23.8 Å². The number of carbonyl (C=O) groups is 1. The van der Waals surface area contributed by atoms with E-state index in [1.807, 2.05) is 24.3 Å². The van der Waals surface area contributed by atoms with Crippen LogP contribution in [0.1, 0.15) is 18.4 Å². The molecule has 0 unspecified atom stereocenters. The second kappa shape index (κ2) is 5.91. The van der Waals surface area contributed by atoms with Gasteiger partial charge in [-0.05, 0) is 36.5 Å². The summed E-state index contributed by atoms with van der Waals surface area (Å²) in [7, 11) is 0. The van der Waals surface area contributed by atoms with Crippen molar-refractivity contribution in [2.75, 3.05) is 13.1 Å². The van der Waals surface area contributed by atoms with Crippen molar-refractivity contribution in [1.82, 2.24) is 4.90 Å². The summed E-state index contributed by atoms with van der Waals surface area (Å²) in [5, 5.41) is 9.59. The second-order valence-electron chi connectivity index (χ2n) is 4.52. The minimum absolute atomic E-state index is 0.469. The second-order valence-corrected chi connectivity index (χ2v) is 4.95. The third-order valence-electron chi connectivity index (χ3n) is 3.24. The lowest BCUT2D eigenvalue weighted by molar-refractivity contribution is 0.129. The maximum Gasteiger partial charge on any atom is 0.407 e. The molecule has 0 bridgehead atoms. The fourth-order valence-electron chi connectivity index (χ4n) is 2.10. The van der Waals surface area contributed by atoms with E-state index in [1.54, 1.807) is 0 Å². The first kappa shape index (κ1) is 13.0. The Bertz CT molecular complexity index is 434. The van der Waals surface area contributed by atoms with Crippen molar-refractivity contribution in [3.05, 3.63) is 40.9 Å². The Morgan fingerprint density at radius 1 is 1.28 bits per heavy atom. The van der Waals surface area contributed by atoms with Crippen molar-refractivity contribution < 1.29 is 9.90 Å². The Hall–Kier alpha value is -1.48. The quantitative estimate of drug-likeness (QED) is 0.885. The number of hydrogen-bond acceptors (Lipinski definition) is 1. The number of likely N-dealkylation sites (tertiary alicyclic amines) is 1. The number of carboxylic acid groups (broad SMARTS) is 1. The minimum Gasteiger partial charge on any atom is -0.465 e. The maximum absolute atomic E-state index is 10.8. The highest BCUT2D eigenvalue weighted by atomic mass is 35.5. The zero-order valence-electron chi connectivity index (χ0n) is 10.1. The van der Waals surface area contributed by atoms with Gasteiger partial charge in [-0.2, -0.15) is 0 Å². The molecule has 0 spiro atoms. The van der Waals surface area contributed by atoms with Gasteiger partial charge in [0.1, 0.15) is 0 Å². The standard InChI is InChI=1S/C14H16ClNO2/c15-13-5-3-11(4-6-13)1-2-12-7-9-16(10-8-12)14(17)18/h1-6,12H,7-10H2,(H,17,18). The molecule has 1 amide bonds. The predicted octanol–water partition coefficient (Wildman–Crippen LogP) is 3.74. The molecule has 1 aliphatic heterocycles. The molecule has 1 aromatic rings. The smallest absolute Gasteiger partial charge is 0.407 e. The van der Waals surface area contributed by atoms with Crippen LogP contribution in [-0.4, -0.2) is 29.2 Å². The molecule has 4 heteroatoms. The summed E-state index contributed by atoms with van der Waals surface area (Å²) in [5.74, 6) is 0.469. The molecule has 1 aliphatic rings. The Morgan fingerprint density at radius 2 is 1.89 bits per heavy atom. The summed E-state index contributed by atoms with van der Waals surface area (Å²) in [5.41, 5.74) is 1.13. The lowest BCUT2D eigenvalue weighted by atomic mass is 9.96. The number of allylic oxidation sites excluding steroid dienone is 1. The van der Waals surface area contributed by atoms with Gasteiger partial charge < -0.3 is 10.0 Å². The van der Waals surface area contributed by atoms with Gasteiger partial charge in [0.25, 0.3) is 0 Å². The van der Waals surface area contributed by atoms with E-state index >= 15 is 0 Å². The first-order valence-corrected chi connectivity index (χ1v) is 6.44. The monoisotopic (exact) mass is 265 g/mol. The Kier molecular flexibility index (Phi) is 4.26. The van der Waals surface area contributed by atoms with Gasteiger partial charge in [-0.25, -0.2) is 4.79 Å². The van der Waals surface area contributed by atoms with Gasteiger partial charge in [-0.1, -0.05) is 35.9 Å². The number of piperidine rings is 1. The topological polar surface area (TPSA) is 40.5 Å². The molecule has 1 N–H and O–H groups in total. The van der Waals surface area contributed by atoms with Crippen molar-refractivity contribution in [3.8, 4) is 0 Å². The Labute approximate surface area is 112 Å². The summed E-state index contributed by atoms with van der Waals surface area (Å²) >= 11 is 5.82. The highest BCUT2D eigenvalue weighted by Gasteiger charge is 2.20. The lowest BCUT2D eigenvalue weighted by Gasteiger charge is -2.28. The Morgan fingerprint density at radius 3 is 2.44 bits per heavy atom. The molecule has 96 valence electrons. The number of halogens is 1. The van der Waals surface area contributed by atoms with Gasteiger partial charge in [0.15, 0.2) is 0 Å². The summed E-state index contributed by atoms with van der Waals surface area (Å²) in [6, 6.07) is 7.69. The molecule has 0 radical (unpaired) electrons. The number of rotatable bonds is 2. The van der Waals surface area contributed by atoms with Gasteiger partial charge >= 0.3 is 6.09 Å². The predicted molar refractivity (Wildman–Crippen MR) is 72.8 cm³/mol. The summed E-state index contributed by atoms with van der Waals surface area (Å²) in [4.78, 5) is 12.2. The number of nitrogens with zero attached hydrogens (tertiary/aromatic N) is 1. The van der Waals surface area contributed by atoms with Crippen molar-refractivity contribution in [2.24, 2.45) is 5.92 Å². The third-order valence-corrected chi connectivity index (χ3v) is 3.49. The Balaban J connectivity index is 1.87. The van der Waals surface area contributed by atoms with Crippen molar-refractivity contribution in [2.45, 2.75) is 12.8 Å². The summed E-state index contributed by atoms with van der Waals surface area (Å²) in [6.07, 6.45) is 5.24. The normalized spacial score (nSPS) is 17.3. The minimum atomic E-state index is -0.810. The van der Waals surface area contributed by atoms with Gasteiger partial charge in [0, 0.05) is 18.1 Å². The fourth-order valence-corrected chi connectivity index (χ4v) is 2.23. The largest absolute Gasteiger partial charge is 0.465 e. The molecule has 0 saturated carbocycles. The fraction of sp³-hybridized carbons (Fsp3) is 0.357. The van der Waals surface area contributed by atoms with E-state index in [-0.39, 0.29) is 0 Å². The number of amides is 1. The first-order valence-electron chi connectivity index (χ1n) is 6.07. The molecular weight excluding hydrogens is 250 g/mol. The lowest BCUT2D eigenvalue weighted by Crippen LogP contribution is -2.36. The molecule has 2 rings (SSSR count). The highest BCUT2D eigenvalue weighted by Crippen LogP contribution is 2.20. The van der Waals surface area contributed by atoms with Crippen molar-refractivity contribution in [1.29, 1.82) is 0 Å². The zero-order valence-corrected chi connectivity index (χ0v) is 10.8. The SMILES string of the molecule is O=C(O)N1CCC(C=Cc2ccc(Cl)cc2)CC1. The van der Waals surface area contributed by atoms with Gasteiger partial charge in [-0.3, -0.25) is 0 Å². The third kappa shape index (κ3) is 3.50. The average Bonchev–Trinajstić information content (AvgIpc) is 2.38. The molecular formula is C14H16ClNO2. The van der Waals surface area contributed by atoms with Crippen LogP contribution in [0.2, 0.25) is 5.02 Å². The van der Waals surface area contributed by atoms with Gasteiger partial charge in [-0.15, -0.1) is 0 Å². The van der Waals surface area contributed by atoms with Crippen LogP contribution in [0.15, 0.2) is 30.3 Å². The van der Waals surface area contributed by atoms with Gasteiger partial charge in [0.05, 0.1) is 0 Å². The molecule has 0 aliphatic carbocycles. The molecule has 1 saturated heterocycles. The molecule has 3 nitrogen and oxygen atoms in total. The van der Waals surface area contributed by atoms with E-state index in [0.717, 1.165) is 23.4 Å². The number of benzene rings is 1. The highest BCUT2D eigenvalue weighted by molar-refractivity contribution is 6.30. The van der Waals surface area contributed by atoms with Crippen LogP contribution in [0, 0.1) is 5.92 Å². The van der Waals surface area contributed by atoms with Crippen LogP contribution >= 0.6 is 11.6 Å². The number of hydrogen-bond donors (Lipinski definition) is 1.